The van der Waals surface area contributed by atoms with Crippen molar-refractivity contribution >= 4 is 40.7 Å². The summed E-state index contributed by atoms with van der Waals surface area (Å²) in [4.78, 5) is 51.2. The number of piperazine rings is 1. The van der Waals surface area contributed by atoms with E-state index in [4.69, 9.17) is 0 Å². The van der Waals surface area contributed by atoms with Gasteiger partial charge in [0.05, 0.1) is 11.4 Å². The van der Waals surface area contributed by atoms with Crippen LogP contribution >= 0.6 is 11.8 Å². The van der Waals surface area contributed by atoms with Crippen LogP contribution < -0.4 is 10.2 Å². The van der Waals surface area contributed by atoms with Gasteiger partial charge >= 0.3 is 0 Å². The summed E-state index contributed by atoms with van der Waals surface area (Å²) < 4.78 is 0. The summed E-state index contributed by atoms with van der Waals surface area (Å²) in [6, 6.07) is 9.43. The first-order valence-electron chi connectivity index (χ1n) is 10.4. The largest absolute Gasteiger partial charge is 0.354 e. The highest BCUT2D eigenvalue weighted by Crippen LogP contribution is 2.31. The highest BCUT2D eigenvalue weighted by atomic mass is 32.2. The summed E-state index contributed by atoms with van der Waals surface area (Å²) in [6.45, 7) is 3.82. The van der Waals surface area contributed by atoms with Gasteiger partial charge < -0.3 is 10.2 Å². The number of carbonyl (C=O) groups is 3. The molecule has 0 saturated carbocycles. The molecule has 0 atom stereocenters. The number of nitrogens with zero attached hydrogens (tertiary/aromatic N) is 5. The molecule has 0 spiro atoms. The van der Waals surface area contributed by atoms with Crippen LogP contribution in [0.5, 0.6) is 0 Å². The number of amides is 3. The fourth-order valence-corrected chi connectivity index (χ4v) is 4.41. The molecule has 2 saturated heterocycles. The number of hydrogen-bond acceptors (Lipinski definition) is 8. The maximum Gasteiger partial charge on any atom is 0.293 e. The Morgan fingerprint density at radius 3 is 2.66 bits per heavy atom. The molecule has 0 aliphatic carbocycles. The Balaban J connectivity index is 1.19. The Morgan fingerprint density at radius 2 is 1.94 bits per heavy atom. The van der Waals surface area contributed by atoms with Crippen molar-refractivity contribution in [1.82, 2.24) is 25.1 Å². The van der Waals surface area contributed by atoms with Gasteiger partial charge in [-0.05, 0) is 41.6 Å². The van der Waals surface area contributed by atoms with Crippen LogP contribution in [0, 0.1) is 0 Å². The maximum absolute atomic E-state index is 12.5. The molecule has 2 fully saturated rings. The van der Waals surface area contributed by atoms with Crippen LogP contribution in [0.2, 0.25) is 0 Å². The van der Waals surface area contributed by atoms with Crippen molar-refractivity contribution in [2.24, 2.45) is 0 Å². The average Bonchev–Trinajstić information content (AvgIpc) is 3.08. The van der Waals surface area contributed by atoms with Gasteiger partial charge in [-0.3, -0.25) is 29.2 Å². The number of anilines is 1. The first-order valence-corrected chi connectivity index (χ1v) is 11.2. The summed E-state index contributed by atoms with van der Waals surface area (Å²) in [5.74, 6) is 0.490. The average molecular weight is 453 g/mol. The first-order chi connectivity index (χ1) is 15.6. The van der Waals surface area contributed by atoms with Crippen molar-refractivity contribution < 1.29 is 14.4 Å². The number of imide groups is 1. The van der Waals surface area contributed by atoms with Crippen molar-refractivity contribution in [1.29, 1.82) is 0 Å². The van der Waals surface area contributed by atoms with Gasteiger partial charge in [-0.25, -0.2) is 4.98 Å². The van der Waals surface area contributed by atoms with Gasteiger partial charge in [0.1, 0.15) is 5.82 Å². The van der Waals surface area contributed by atoms with Crippen LogP contribution in [0.3, 0.4) is 0 Å². The Morgan fingerprint density at radius 1 is 1.09 bits per heavy atom. The zero-order valence-electron chi connectivity index (χ0n) is 17.5. The number of carbonyl (C=O) groups excluding carboxylic acids is 3. The topological polar surface area (TPSA) is 98.7 Å². The highest BCUT2D eigenvalue weighted by molar-refractivity contribution is 8.18. The number of aromatic nitrogens is 2. The fourth-order valence-electron chi connectivity index (χ4n) is 3.55. The minimum Gasteiger partial charge on any atom is -0.354 e. The molecule has 3 amide bonds. The Bertz CT molecular complexity index is 993. The summed E-state index contributed by atoms with van der Waals surface area (Å²) in [5.41, 5.74) is 0.759. The molecule has 2 aromatic rings. The minimum absolute atomic E-state index is 0.117. The third-order valence-electron chi connectivity index (χ3n) is 5.23. The van der Waals surface area contributed by atoms with E-state index in [-0.39, 0.29) is 30.1 Å². The number of hydrogen-bond donors (Lipinski definition) is 1. The molecule has 0 unspecified atom stereocenters. The number of rotatable bonds is 7. The Kier molecular flexibility index (Phi) is 7.13. The quantitative estimate of drug-likeness (QED) is 0.631. The maximum atomic E-state index is 12.5. The lowest BCUT2D eigenvalue weighted by molar-refractivity contribution is -0.124. The molecule has 9 nitrogen and oxygen atoms in total. The van der Waals surface area contributed by atoms with Gasteiger partial charge in [0.2, 0.25) is 5.91 Å². The Hall–Kier alpha value is -3.24. The van der Waals surface area contributed by atoms with Crippen LogP contribution in [0.4, 0.5) is 10.6 Å². The zero-order valence-corrected chi connectivity index (χ0v) is 18.3. The molecule has 1 N–H and O–H groups in total. The van der Waals surface area contributed by atoms with E-state index in [9.17, 15) is 14.4 Å². The van der Waals surface area contributed by atoms with E-state index in [2.05, 4.69) is 25.1 Å². The summed E-state index contributed by atoms with van der Waals surface area (Å²) in [5, 5.41) is 2.49. The van der Waals surface area contributed by atoms with Crippen LogP contribution in [0.25, 0.3) is 6.08 Å². The lowest BCUT2D eigenvalue weighted by Gasteiger charge is -2.34. The number of nitrogens with one attached hydrogen (secondary N) is 1. The molecule has 2 aliphatic rings. The molecule has 4 heterocycles. The molecule has 4 rings (SSSR count). The van der Waals surface area contributed by atoms with Crippen molar-refractivity contribution in [3.05, 3.63) is 59.4 Å². The standard InChI is InChI=1S/C22H24N6O3S/c29-20(16-26-10-12-27(13-11-26)19-5-1-2-7-24-19)25-8-9-28-21(30)18(32-22(28)31)14-17-4-3-6-23-15-17/h1-7,14-15H,8-13,16H2,(H,25,29). The molecule has 0 bridgehead atoms. The SMILES string of the molecule is O=C(CN1CCN(c2ccccn2)CC1)NCCN1C(=O)SC(=Cc2cccnc2)C1=O. The van der Waals surface area contributed by atoms with Crippen LogP contribution in [0.1, 0.15) is 5.56 Å². The fraction of sp³-hybridized carbons (Fsp3) is 0.318. The Labute approximate surface area is 190 Å². The third-order valence-corrected chi connectivity index (χ3v) is 6.13. The van der Waals surface area contributed by atoms with E-state index in [1.165, 1.54) is 4.90 Å². The normalized spacial score (nSPS) is 18.4. The molecule has 2 aromatic heterocycles. The van der Waals surface area contributed by atoms with Crippen molar-refractivity contribution in [2.75, 3.05) is 50.7 Å². The monoisotopic (exact) mass is 452 g/mol. The molecule has 166 valence electrons. The van der Waals surface area contributed by atoms with Gasteiger partial charge in [0, 0.05) is 57.9 Å². The molecule has 0 radical (unpaired) electrons. The second kappa shape index (κ2) is 10.4. The van der Waals surface area contributed by atoms with E-state index >= 15 is 0 Å². The van der Waals surface area contributed by atoms with Crippen molar-refractivity contribution in [3.63, 3.8) is 0 Å². The van der Waals surface area contributed by atoms with Gasteiger partial charge in [-0.1, -0.05) is 12.1 Å². The number of pyridine rings is 2. The van der Waals surface area contributed by atoms with Crippen LogP contribution in [-0.4, -0.2) is 82.6 Å². The summed E-state index contributed by atoms with van der Waals surface area (Å²) in [7, 11) is 0. The van der Waals surface area contributed by atoms with Gasteiger partial charge in [-0.15, -0.1) is 0 Å². The molecule has 2 aliphatic heterocycles. The molecular formula is C22H24N6O3S. The minimum atomic E-state index is -0.344. The lowest BCUT2D eigenvalue weighted by atomic mass is 10.2. The predicted molar refractivity (Wildman–Crippen MR) is 123 cm³/mol. The van der Waals surface area contributed by atoms with Crippen molar-refractivity contribution in [3.8, 4) is 0 Å². The molecule has 10 heteroatoms. The van der Waals surface area contributed by atoms with E-state index in [1.807, 2.05) is 24.3 Å². The van der Waals surface area contributed by atoms with Gasteiger partial charge in [0.25, 0.3) is 11.1 Å². The second-order valence-electron chi connectivity index (χ2n) is 7.42. The third kappa shape index (κ3) is 5.51. The van der Waals surface area contributed by atoms with E-state index in [0.29, 0.717) is 11.4 Å². The lowest BCUT2D eigenvalue weighted by Crippen LogP contribution is -2.50. The summed E-state index contributed by atoms with van der Waals surface area (Å²) >= 11 is 0.902. The number of thioether (sulfide) groups is 1. The van der Waals surface area contributed by atoms with E-state index in [1.54, 1.807) is 30.7 Å². The smallest absolute Gasteiger partial charge is 0.293 e. The first kappa shape index (κ1) is 22.0. The van der Waals surface area contributed by atoms with Crippen molar-refractivity contribution in [2.45, 2.75) is 0 Å². The second-order valence-corrected chi connectivity index (χ2v) is 8.41. The molecular weight excluding hydrogens is 428 g/mol. The predicted octanol–water partition coefficient (Wildman–Crippen LogP) is 1.45. The summed E-state index contributed by atoms with van der Waals surface area (Å²) in [6.07, 6.45) is 6.71. The zero-order chi connectivity index (χ0) is 22.3. The van der Waals surface area contributed by atoms with E-state index in [0.717, 1.165) is 49.3 Å². The highest BCUT2D eigenvalue weighted by Gasteiger charge is 2.34. The van der Waals surface area contributed by atoms with Crippen LogP contribution in [-0.2, 0) is 9.59 Å². The molecule has 32 heavy (non-hydrogen) atoms. The van der Waals surface area contributed by atoms with Gasteiger partial charge in [-0.2, -0.15) is 0 Å². The van der Waals surface area contributed by atoms with E-state index < -0.39 is 0 Å². The molecule has 0 aromatic carbocycles. The van der Waals surface area contributed by atoms with Gasteiger partial charge in [0.15, 0.2) is 0 Å². The van der Waals surface area contributed by atoms with Crippen LogP contribution in [0.15, 0.2) is 53.8 Å².